The minimum Gasteiger partial charge on any atom is -0.493 e. The molecule has 41 heavy (non-hydrogen) atoms. The molecule has 1 fully saturated rings. The molecule has 0 spiro atoms. The fourth-order valence-corrected chi connectivity index (χ4v) is 5.31. The normalized spacial score (nSPS) is 14.1. The van der Waals surface area contributed by atoms with Gasteiger partial charge in [0.15, 0.2) is 11.5 Å². The standard InChI is InChI=1S/C33H40ClN3O4/c1-23(2)33(39)37(29-15-17-36(18-16-29)21-24-7-12-28(34)13-8-24)22-25-5-10-27(11-6-25)32(38)35-20-26-9-14-30(40-3)31(19-26)41-4/h5-14,19,23,29H,15-18,20-22H2,1-4H3,(H,35,38). The molecule has 0 aliphatic carbocycles. The van der Waals surface area contributed by atoms with Gasteiger partial charge in [0.25, 0.3) is 5.91 Å². The van der Waals surface area contributed by atoms with E-state index in [1.165, 1.54) is 5.56 Å². The molecular formula is C33H40ClN3O4. The first-order valence-electron chi connectivity index (χ1n) is 14.1. The third-order valence-corrected chi connectivity index (χ3v) is 7.82. The second-order valence-electron chi connectivity index (χ2n) is 10.8. The van der Waals surface area contributed by atoms with Gasteiger partial charge < -0.3 is 19.7 Å². The minimum atomic E-state index is -0.158. The van der Waals surface area contributed by atoms with Gasteiger partial charge in [0, 0.05) is 55.3 Å². The van der Waals surface area contributed by atoms with Crippen LogP contribution in [0, 0.1) is 5.92 Å². The molecule has 4 rings (SSSR count). The summed E-state index contributed by atoms with van der Waals surface area (Å²) >= 11 is 6.03. The topological polar surface area (TPSA) is 71.1 Å². The molecule has 1 aliphatic heterocycles. The van der Waals surface area contributed by atoms with Crippen LogP contribution < -0.4 is 14.8 Å². The Morgan fingerprint density at radius 3 is 2.12 bits per heavy atom. The quantitative estimate of drug-likeness (QED) is 0.305. The number of carbonyl (C=O) groups is 2. The van der Waals surface area contributed by atoms with Crippen molar-refractivity contribution >= 4 is 23.4 Å². The molecule has 1 N–H and O–H groups in total. The molecule has 218 valence electrons. The molecule has 0 atom stereocenters. The van der Waals surface area contributed by atoms with Crippen molar-refractivity contribution in [3.05, 3.63) is 94.0 Å². The highest BCUT2D eigenvalue weighted by molar-refractivity contribution is 6.30. The smallest absolute Gasteiger partial charge is 0.251 e. The fraction of sp³-hybridized carbons (Fsp3) is 0.394. The van der Waals surface area contributed by atoms with Crippen LogP contribution in [0.25, 0.3) is 0 Å². The van der Waals surface area contributed by atoms with Crippen LogP contribution in [-0.2, 0) is 24.4 Å². The summed E-state index contributed by atoms with van der Waals surface area (Å²) in [6.45, 7) is 7.58. The molecule has 1 heterocycles. The number of halogens is 1. The van der Waals surface area contributed by atoms with E-state index >= 15 is 0 Å². The van der Waals surface area contributed by atoms with Crippen molar-refractivity contribution in [3.8, 4) is 11.5 Å². The van der Waals surface area contributed by atoms with Crippen LogP contribution in [-0.4, -0.2) is 55.0 Å². The van der Waals surface area contributed by atoms with Gasteiger partial charge in [-0.2, -0.15) is 0 Å². The number of benzene rings is 3. The number of rotatable bonds is 11. The van der Waals surface area contributed by atoms with Gasteiger partial charge in [-0.1, -0.05) is 55.8 Å². The van der Waals surface area contributed by atoms with Gasteiger partial charge in [-0.25, -0.2) is 0 Å². The SMILES string of the molecule is COc1ccc(CNC(=O)c2ccc(CN(C(=O)C(C)C)C3CCN(Cc4ccc(Cl)cc4)CC3)cc2)cc1OC. The number of likely N-dealkylation sites (tertiary alicyclic amines) is 1. The van der Waals surface area contributed by atoms with Crippen LogP contribution in [0.4, 0.5) is 0 Å². The van der Waals surface area contributed by atoms with E-state index in [-0.39, 0.29) is 23.8 Å². The number of nitrogens with zero attached hydrogens (tertiary/aromatic N) is 2. The van der Waals surface area contributed by atoms with Crippen molar-refractivity contribution in [1.29, 1.82) is 0 Å². The highest BCUT2D eigenvalue weighted by Gasteiger charge is 2.29. The number of nitrogens with one attached hydrogen (secondary N) is 1. The average molecular weight is 578 g/mol. The van der Waals surface area contributed by atoms with Gasteiger partial charge in [0.2, 0.25) is 5.91 Å². The monoisotopic (exact) mass is 577 g/mol. The summed E-state index contributed by atoms with van der Waals surface area (Å²) in [6, 6.07) is 21.3. The van der Waals surface area contributed by atoms with E-state index < -0.39 is 0 Å². The Bertz CT molecular complexity index is 1300. The fourth-order valence-electron chi connectivity index (χ4n) is 5.19. The van der Waals surface area contributed by atoms with Gasteiger partial charge in [-0.15, -0.1) is 0 Å². The van der Waals surface area contributed by atoms with Crippen LogP contribution in [0.1, 0.15) is 53.7 Å². The number of ether oxygens (including phenoxy) is 2. The second kappa shape index (κ2) is 14.4. The summed E-state index contributed by atoms with van der Waals surface area (Å²) in [5.41, 5.74) is 3.75. The zero-order valence-electron chi connectivity index (χ0n) is 24.4. The molecule has 2 amide bonds. The lowest BCUT2D eigenvalue weighted by molar-refractivity contribution is -0.138. The van der Waals surface area contributed by atoms with Crippen molar-refractivity contribution in [2.75, 3.05) is 27.3 Å². The third-order valence-electron chi connectivity index (χ3n) is 7.56. The predicted octanol–water partition coefficient (Wildman–Crippen LogP) is 5.94. The lowest BCUT2D eigenvalue weighted by Gasteiger charge is -2.39. The molecule has 7 nitrogen and oxygen atoms in total. The first-order valence-corrected chi connectivity index (χ1v) is 14.5. The maximum Gasteiger partial charge on any atom is 0.251 e. The van der Waals surface area contributed by atoms with E-state index in [0.29, 0.717) is 30.2 Å². The van der Waals surface area contributed by atoms with Gasteiger partial charge in [-0.05, 0) is 65.9 Å². The van der Waals surface area contributed by atoms with Gasteiger partial charge in [0.1, 0.15) is 0 Å². The molecule has 0 aromatic heterocycles. The van der Waals surface area contributed by atoms with Crippen molar-refractivity contribution in [2.24, 2.45) is 5.92 Å². The molecule has 0 radical (unpaired) electrons. The van der Waals surface area contributed by atoms with E-state index in [1.54, 1.807) is 14.2 Å². The molecule has 3 aromatic rings. The van der Waals surface area contributed by atoms with Crippen LogP contribution >= 0.6 is 11.6 Å². The zero-order chi connectivity index (χ0) is 29.4. The van der Waals surface area contributed by atoms with E-state index in [0.717, 1.165) is 48.6 Å². The minimum absolute atomic E-state index is 0.0799. The van der Waals surface area contributed by atoms with Gasteiger partial charge >= 0.3 is 0 Å². The van der Waals surface area contributed by atoms with E-state index in [4.69, 9.17) is 21.1 Å². The average Bonchev–Trinajstić information content (AvgIpc) is 3.00. The largest absolute Gasteiger partial charge is 0.493 e. The van der Waals surface area contributed by atoms with E-state index in [2.05, 4.69) is 22.3 Å². The molecule has 1 aliphatic rings. The first kappa shape index (κ1) is 30.4. The number of hydrogen-bond donors (Lipinski definition) is 1. The molecule has 8 heteroatoms. The molecule has 0 unspecified atom stereocenters. The molecule has 0 bridgehead atoms. The maximum atomic E-state index is 13.3. The third kappa shape index (κ3) is 8.24. The van der Waals surface area contributed by atoms with Gasteiger partial charge in [0.05, 0.1) is 14.2 Å². The maximum absolute atomic E-state index is 13.3. The summed E-state index contributed by atoms with van der Waals surface area (Å²) in [5.74, 6) is 1.19. The lowest BCUT2D eigenvalue weighted by atomic mass is 9.99. The summed E-state index contributed by atoms with van der Waals surface area (Å²) in [5, 5.41) is 3.71. The number of piperidine rings is 1. The Balaban J connectivity index is 1.34. The molecule has 3 aromatic carbocycles. The lowest BCUT2D eigenvalue weighted by Crippen LogP contribution is -2.48. The van der Waals surface area contributed by atoms with Crippen LogP contribution in [0.15, 0.2) is 66.7 Å². The number of amides is 2. The van der Waals surface area contributed by atoms with Crippen molar-refractivity contribution in [3.63, 3.8) is 0 Å². The first-order chi connectivity index (χ1) is 19.8. The number of carbonyl (C=O) groups excluding carboxylic acids is 2. The molecule has 1 saturated heterocycles. The van der Waals surface area contributed by atoms with Gasteiger partial charge in [-0.3, -0.25) is 14.5 Å². The molecule has 0 saturated carbocycles. The van der Waals surface area contributed by atoms with Crippen molar-refractivity contribution in [2.45, 2.75) is 52.4 Å². The summed E-state index contributed by atoms with van der Waals surface area (Å²) in [4.78, 5) is 30.5. The van der Waals surface area contributed by atoms with Crippen molar-refractivity contribution in [1.82, 2.24) is 15.1 Å². The summed E-state index contributed by atoms with van der Waals surface area (Å²) in [7, 11) is 3.18. The van der Waals surface area contributed by atoms with Crippen LogP contribution in [0.3, 0.4) is 0 Å². The highest BCUT2D eigenvalue weighted by Crippen LogP contribution is 2.27. The van der Waals surface area contributed by atoms with Crippen molar-refractivity contribution < 1.29 is 19.1 Å². The second-order valence-corrected chi connectivity index (χ2v) is 11.3. The highest BCUT2D eigenvalue weighted by atomic mass is 35.5. The van der Waals surface area contributed by atoms with E-state index in [9.17, 15) is 9.59 Å². The van der Waals surface area contributed by atoms with Crippen LogP contribution in [0.2, 0.25) is 5.02 Å². The number of hydrogen-bond acceptors (Lipinski definition) is 5. The Morgan fingerprint density at radius 2 is 1.51 bits per heavy atom. The number of methoxy groups -OCH3 is 2. The Hall–Kier alpha value is -3.55. The van der Waals surface area contributed by atoms with Crippen LogP contribution in [0.5, 0.6) is 11.5 Å². The summed E-state index contributed by atoms with van der Waals surface area (Å²) in [6.07, 6.45) is 1.87. The Labute approximate surface area is 248 Å². The molecular weight excluding hydrogens is 538 g/mol. The Morgan fingerprint density at radius 1 is 0.902 bits per heavy atom. The Kier molecular flexibility index (Phi) is 10.7. The zero-order valence-corrected chi connectivity index (χ0v) is 25.1. The summed E-state index contributed by atoms with van der Waals surface area (Å²) < 4.78 is 10.6. The van der Waals surface area contributed by atoms with E-state index in [1.807, 2.05) is 73.3 Å². The predicted molar refractivity (Wildman–Crippen MR) is 162 cm³/mol.